The van der Waals surface area contributed by atoms with Crippen molar-refractivity contribution < 1.29 is 9.53 Å². The number of thiocarbonyl (C=S) groups is 1. The van der Waals surface area contributed by atoms with Crippen LogP contribution < -0.4 is 11.1 Å². The van der Waals surface area contributed by atoms with Gasteiger partial charge in [-0.15, -0.1) is 0 Å². The molecule has 0 radical (unpaired) electrons. The summed E-state index contributed by atoms with van der Waals surface area (Å²) >= 11 is 4.78. The first-order valence-corrected chi connectivity index (χ1v) is 5.63. The highest BCUT2D eigenvalue weighted by molar-refractivity contribution is 7.80. The number of ether oxygens (including phenoxy) is 1. The maximum absolute atomic E-state index is 11.6. The van der Waals surface area contributed by atoms with E-state index in [0.717, 1.165) is 12.8 Å². The Kier molecular flexibility index (Phi) is 4.47. The molecule has 0 aromatic carbocycles. The van der Waals surface area contributed by atoms with Gasteiger partial charge in [-0.05, 0) is 26.7 Å². The van der Waals surface area contributed by atoms with Crippen LogP contribution in [-0.4, -0.2) is 29.6 Å². The molecule has 0 aromatic rings. The summed E-state index contributed by atoms with van der Waals surface area (Å²) in [6.45, 7) is 4.43. The van der Waals surface area contributed by atoms with Gasteiger partial charge < -0.3 is 15.8 Å². The second-order valence-electron chi connectivity index (χ2n) is 4.04. The SMILES string of the molecule is CC1CC(NC(=O)C(C)C(N)=S)CCO1. The average Bonchev–Trinajstić information content (AvgIpc) is 2.16. The van der Waals surface area contributed by atoms with Gasteiger partial charge in [-0.3, -0.25) is 4.79 Å². The predicted octanol–water partition coefficient (Wildman–Crippen LogP) is 0.592. The lowest BCUT2D eigenvalue weighted by Gasteiger charge is -2.28. The predicted molar refractivity (Wildman–Crippen MR) is 62.5 cm³/mol. The van der Waals surface area contributed by atoms with Crippen molar-refractivity contribution in [2.45, 2.75) is 38.8 Å². The van der Waals surface area contributed by atoms with Crippen LogP contribution in [0, 0.1) is 5.92 Å². The fourth-order valence-corrected chi connectivity index (χ4v) is 1.69. The number of nitrogens with two attached hydrogens (primary N) is 1. The monoisotopic (exact) mass is 230 g/mol. The second-order valence-corrected chi connectivity index (χ2v) is 4.51. The van der Waals surface area contributed by atoms with Crippen LogP contribution in [0.15, 0.2) is 0 Å². The Hall–Kier alpha value is -0.680. The van der Waals surface area contributed by atoms with Gasteiger partial charge in [0.1, 0.15) is 0 Å². The average molecular weight is 230 g/mol. The molecule has 0 aliphatic carbocycles. The molecule has 0 spiro atoms. The minimum Gasteiger partial charge on any atom is -0.393 e. The Labute approximate surface area is 95.5 Å². The number of hydrogen-bond acceptors (Lipinski definition) is 3. The lowest BCUT2D eigenvalue weighted by atomic mass is 10.0. The summed E-state index contributed by atoms with van der Waals surface area (Å²) in [4.78, 5) is 11.9. The van der Waals surface area contributed by atoms with E-state index < -0.39 is 5.92 Å². The third kappa shape index (κ3) is 3.76. The Morgan fingerprint density at radius 3 is 2.87 bits per heavy atom. The summed E-state index contributed by atoms with van der Waals surface area (Å²) in [5.41, 5.74) is 5.42. The van der Waals surface area contributed by atoms with Crippen molar-refractivity contribution in [3.05, 3.63) is 0 Å². The van der Waals surface area contributed by atoms with Crippen molar-refractivity contribution in [1.82, 2.24) is 5.32 Å². The molecule has 15 heavy (non-hydrogen) atoms. The van der Waals surface area contributed by atoms with Gasteiger partial charge in [0.15, 0.2) is 0 Å². The van der Waals surface area contributed by atoms with Gasteiger partial charge in [0.05, 0.1) is 17.0 Å². The van der Waals surface area contributed by atoms with Gasteiger partial charge in [0, 0.05) is 12.6 Å². The number of hydrogen-bond donors (Lipinski definition) is 2. The number of nitrogens with one attached hydrogen (secondary N) is 1. The van der Waals surface area contributed by atoms with Crippen molar-refractivity contribution in [3.8, 4) is 0 Å². The highest BCUT2D eigenvalue weighted by Gasteiger charge is 2.23. The van der Waals surface area contributed by atoms with E-state index in [1.54, 1.807) is 6.92 Å². The molecule has 3 unspecified atom stereocenters. The van der Waals surface area contributed by atoms with Crippen molar-refractivity contribution in [3.63, 3.8) is 0 Å². The molecule has 1 rings (SSSR count). The molecule has 0 saturated carbocycles. The summed E-state index contributed by atoms with van der Waals surface area (Å²) in [6, 6.07) is 0.193. The van der Waals surface area contributed by atoms with Crippen LogP contribution in [-0.2, 0) is 9.53 Å². The van der Waals surface area contributed by atoms with Crippen LogP contribution in [0.1, 0.15) is 26.7 Å². The van der Waals surface area contributed by atoms with Crippen molar-refractivity contribution >= 4 is 23.1 Å². The third-order valence-corrected chi connectivity index (χ3v) is 3.01. The highest BCUT2D eigenvalue weighted by Crippen LogP contribution is 2.13. The van der Waals surface area contributed by atoms with E-state index >= 15 is 0 Å². The molecule has 1 amide bonds. The van der Waals surface area contributed by atoms with E-state index in [1.165, 1.54) is 0 Å². The molecular weight excluding hydrogens is 212 g/mol. The van der Waals surface area contributed by atoms with Crippen LogP contribution >= 0.6 is 12.2 Å². The van der Waals surface area contributed by atoms with E-state index in [1.807, 2.05) is 6.92 Å². The van der Waals surface area contributed by atoms with Gasteiger partial charge in [-0.1, -0.05) is 12.2 Å². The third-order valence-electron chi connectivity index (χ3n) is 2.65. The van der Waals surface area contributed by atoms with Crippen LogP contribution in [0.2, 0.25) is 0 Å². The second kappa shape index (κ2) is 5.42. The van der Waals surface area contributed by atoms with Crippen LogP contribution in [0.5, 0.6) is 0 Å². The molecular formula is C10H18N2O2S. The Morgan fingerprint density at radius 2 is 2.33 bits per heavy atom. The lowest BCUT2D eigenvalue weighted by Crippen LogP contribution is -2.45. The summed E-state index contributed by atoms with van der Waals surface area (Å²) < 4.78 is 5.40. The number of amides is 1. The molecule has 1 saturated heterocycles. The zero-order valence-corrected chi connectivity index (χ0v) is 9.97. The van der Waals surface area contributed by atoms with Gasteiger partial charge in [-0.25, -0.2) is 0 Å². The molecule has 0 aromatic heterocycles. The number of carbonyl (C=O) groups is 1. The molecule has 0 bridgehead atoms. The Morgan fingerprint density at radius 1 is 1.67 bits per heavy atom. The summed E-state index contributed by atoms with van der Waals surface area (Å²) in [7, 11) is 0. The molecule has 3 N–H and O–H groups in total. The normalized spacial score (nSPS) is 28.1. The first kappa shape index (κ1) is 12.4. The smallest absolute Gasteiger partial charge is 0.229 e. The molecule has 1 aliphatic rings. The van der Waals surface area contributed by atoms with Crippen molar-refractivity contribution in [2.24, 2.45) is 11.7 Å². The lowest BCUT2D eigenvalue weighted by molar-refractivity contribution is -0.124. The molecule has 5 heteroatoms. The van der Waals surface area contributed by atoms with Crippen molar-refractivity contribution in [1.29, 1.82) is 0 Å². The van der Waals surface area contributed by atoms with E-state index in [-0.39, 0.29) is 23.0 Å². The minimum atomic E-state index is -0.391. The molecule has 1 aliphatic heterocycles. The Bertz CT molecular complexity index is 258. The van der Waals surface area contributed by atoms with Crippen LogP contribution in [0.3, 0.4) is 0 Å². The van der Waals surface area contributed by atoms with Gasteiger partial charge in [-0.2, -0.15) is 0 Å². The first-order chi connectivity index (χ1) is 7.00. The highest BCUT2D eigenvalue weighted by atomic mass is 32.1. The van der Waals surface area contributed by atoms with Crippen LogP contribution in [0.4, 0.5) is 0 Å². The van der Waals surface area contributed by atoms with Crippen LogP contribution in [0.25, 0.3) is 0 Å². The van der Waals surface area contributed by atoms with Crippen molar-refractivity contribution in [2.75, 3.05) is 6.61 Å². The summed E-state index contributed by atoms with van der Waals surface area (Å²) in [5, 5.41) is 2.94. The first-order valence-electron chi connectivity index (χ1n) is 5.22. The van der Waals surface area contributed by atoms with E-state index in [9.17, 15) is 4.79 Å². The summed E-state index contributed by atoms with van der Waals surface area (Å²) in [5.74, 6) is -0.472. The largest absolute Gasteiger partial charge is 0.393 e. The molecule has 1 heterocycles. The topological polar surface area (TPSA) is 64.4 Å². The fraction of sp³-hybridized carbons (Fsp3) is 0.800. The zero-order chi connectivity index (χ0) is 11.4. The van der Waals surface area contributed by atoms with Gasteiger partial charge in [0.25, 0.3) is 0 Å². The Balaban J connectivity index is 2.40. The van der Waals surface area contributed by atoms with Gasteiger partial charge in [0.2, 0.25) is 5.91 Å². The number of carbonyl (C=O) groups excluding carboxylic acids is 1. The molecule has 4 nitrogen and oxygen atoms in total. The number of rotatable bonds is 3. The van der Waals surface area contributed by atoms with E-state index in [0.29, 0.717) is 6.61 Å². The summed E-state index contributed by atoms with van der Waals surface area (Å²) in [6.07, 6.45) is 1.93. The standard InChI is InChI=1S/C10H18N2O2S/c1-6-5-8(3-4-14-6)12-10(13)7(2)9(11)15/h6-8H,3-5H2,1-2H3,(H2,11,15)(H,12,13). The molecule has 1 fully saturated rings. The fourth-order valence-electron chi connectivity index (χ4n) is 1.58. The molecule has 86 valence electrons. The zero-order valence-electron chi connectivity index (χ0n) is 9.16. The molecule has 3 atom stereocenters. The van der Waals surface area contributed by atoms with E-state index in [2.05, 4.69) is 5.32 Å². The minimum absolute atomic E-state index is 0.0819. The maximum Gasteiger partial charge on any atom is 0.229 e. The van der Waals surface area contributed by atoms with Gasteiger partial charge >= 0.3 is 0 Å². The van der Waals surface area contributed by atoms with E-state index in [4.69, 9.17) is 22.7 Å². The maximum atomic E-state index is 11.6. The quantitative estimate of drug-likeness (QED) is 0.697.